The molecule has 0 aliphatic rings. The summed E-state index contributed by atoms with van der Waals surface area (Å²) in [5.74, 6) is -0.545. The average molecular weight is 297 g/mol. The highest BCUT2D eigenvalue weighted by Gasteiger charge is 2.20. The number of sulfonamides is 1. The molecule has 0 radical (unpaired) electrons. The third-order valence-corrected chi connectivity index (χ3v) is 3.86. The van der Waals surface area contributed by atoms with E-state index in [0.29, 0.717) is 0 Å². The highest BCUT2D eigenvalue weighted by Crippen LogP contribution is 2.27. The minimum Gasteiger partial charge on any atom is -0.495 e. The van der Waals surface area contributed by atoms with Crippen LogP contribution in [0.5, 0.6) is 5.75 Å². The van der Waals surface area contributed by atoms with Crippen molar-refractivity contribution in [2.75, 3.05) is 17.6 Å². The molecule has 2 aromatic rings. The van der Waals surface area contributed by atoms with Gasteiger partial charge in [0.25, 0.3) is 10.0 Å². The zero-order valence-corrected chi connectivity index (χ0v) is 11.3. The zero-order valence-electron chi connectivity index (χ0n) is 10.5. The number of nitrogens with one attached hydrogen (secondary N) is 1. The summed E-state index contributed by atoms with van der Waals surface area (Å²) in [5, 5.41) is 0. The molecule has 0 saturated heterocycles. The number of hydrogen-bond donors (Lipinski definition) is 2. The second-order valence-electron chi connectivity index (χ2n) is 3.89. The molecule has 1 heterocycles. The fraction of sp³-hybridized carbons (Fsp3) is 0.0833. The predicted octanol–water partition coefficient (Wildman–Crippen LogP) is 1.61. The molecular formula is C12H12FN3O3S. The van der Waals surface area contributed by atoms with Crippen LogP contribution in [-0.2, 0) is 10.0 Å². The molecule has 0 saturated carbocycles. The molecule has 0 bridgehead atoms. The number of methoxy groups -OCH3 is 1. The normalized spacial score (nSPS) is 11.1. The molecule has 2 rings (SSSR count). The van der Waals surface area contributed by atoms with Gasteiger partial charge in [0.2, 0.25) is 5.95 Å². The summed E-state index contributed by atoms with van der Waals surface area (Å²) in [6.07, 6.45) is 1.08. The summed E-state index contributed by atoms with van der Waals surface area (Å²) in [7, 11) is -2.56. The van der Waals surface area contributed by atoms with E-state index in [1.807, 2.05) is 0 Å². The van der Waals surface area contributed by atoms with Gasteiger partial charge in [-0.3, -0.25) is 4.72 Å². The first-order chi connectivity index (χ1) is 9.42. The van der Waals surface area contributed by atoms with Gasteiger partial charge in [-0.05, 0) is 30.3 Å². The molecule has 0 aliphatic heterocycles. The molecule has 1 aromatic carbocycles. The van der Waals surface area contributed by atoms with E-state index >= 15 is 0 Å². The van der Waals surface area contributed by atoms with Gasteiger partial charge < -0.3 is 10.5 Å². The third kappa shape index (κ3) is 2.97. The Kier molecular flexibility index (Phi) is 3.75. The summed E-state index contributed by atoms with van der Waals surface area (Å²) < 4.78 is 44.5. The van der Waals surface area contributed by atoms with Crippen LogP contribution in [0.3, 0.4) is 0 Å². The molecule has 8 heteroatoms. The second-order valence-corrected chi connectivity index (χ2v) is 5.54. The molecule has 0 fully saturated rings. The number of pyridine rings is 1. The number of ether oxygens (including phenoxy) is 1. The Hall–Kier alpha value is -2.35. The maximum atomic E-state index is 12.7. The van der Waals surface area contributed by atoms with Crippen molar-refractivity contribution in [3.63, 3.8) is 0 Å². The summed E-state index contributed by atoms with van der Waals surface area (Å²) >= 11 is 0. The number of nitrogen functional groups attached to an aromatic ring is 1. The van der Waals surface area contributed by atoms with Gasteiger partial charge in [0.05, 0.1) is 19.0 Å². The fourth-order valence-corrected chi connectivity index (χ4v) is 2.80. The van der Waals surface area contributed by atoms with Crippen molar-refractivity contribution in [1.82, 2.24) is 4.98 Å². The van der Waals surface area contributed by atoms with Gasteiger partial charge in [0.1, 0.15) is 10.6 Å². The molecule has 20 heavy (non-hydrogen) atoms. The number of halogens is 1. The van der Waals surface area contributed by atoms with Crippen LogP contribution < -0.4 is 15.2 Å². The van der Waals surface area contributed by atoms with Gasteiger partial charge in [-0.15, -0.1) is 0 Å². The molecular weight excluding hydrogens is 285 g/mol. The topological polar surface area (TPSA) is 94.3 Å². The molecule has 3 N–H and O–H groups in total. The molecule has 0 unspecified atom stereocenters. The molecule has 0 atom stereocenters. The van der Waals surface area contributed by atoms with Crippen LogP contribution in [0.25, 0.3) is 0 Å². The number of hydrogen-bond acceptors (Lipinski definition) is 5. The largest absolute Gasteiger partial charge is 0.495 e. The number of nitrogens with two attached hydrogens (primary N) is 1. The Balaban J connectivity index is 2.40. The number of nitrogens with zero attached hydrogens (tertiary/aromatic N) is 1. The Morgan fingerprint density at radius 3 is 2.65 bits per heavy atom. The van der Waals surface area contributed by atoms with E-state index in [2.05, 4.69) is 9.71 Å². The van der Waals surface area contributed by atoms with Crippen LogP contribution in [0, 0.1) is 5.95 Å². The first kappa shape index (κ1) is 14.1. The van der Waals surface area contributed by atoms with Gasteiger partial charge in [0.15, 0.2) is 0 Å². The van der Waals surface area contributed by atoms with Crippen molar-refractivity contribution in [3.05, 3.63) is 42.5 Å². The lowest BCUT2D eigenvalue weighted by Crippen LogP contribution is -2.14. The maximum Gasteiger partial charge on any atom is 0.265 e. The van der Waals surface area contributed by atoms with E-state index in [-0.39, 0.29) is 22.0 Å². The molecule has 6 nitrogen and oxygen atoms in total. The van der Waals surface area contributed by atoms with Gasteiger partial charge >= 0.3 is 0 Å². The van der Waals surface area contributed by atoms with Crippen molar-refractivity contribution in [2.45, 2.75) is 4.90 Å². The Morgan fingerprint density at radius 1 is 1.30 bits per heavy atom. The molecule has 0 amide bonds. The van der Waals surface area contributed by atoms with E-state index in [1.54, 1.807) is 0 Å². The van der Waals surface area contributed by atoms with E-state index in [9.17, 15) is 12.8 Å². The summed E-state index contributed by atoms with van der Waals surface area (Å²) in [4.78, 5) is 3.26. The Morgan fingerprint density at radius 2 is 2.05 bits per heavy atom. The van der Waals surface area contributed by atoms with Gasteiger partial charge in [-0.2, -0.15) is 4.39 Å². The second kappa shape index (κ2) is 5.33. The third-order valence-electron chi connectivity index (χ3n) is 2.46. The number of benzene rings is 1. The van der Waals surface area contributed by atoms with E-state index in [0.717, 1.165) is 12.3 Å². The summed E-state index contributed by atoms with van der Waals surface area (Å²) in [5.41, 5.74) is 6.00. The molecule has 0 aliphatic carbocycles. The van der Waals surface area contributed by atoms with Crippen molar-refractivity contribution >= 4 is 21.4 Å². The van der Waals surface area contributed by atoms with Crippen LogP contribution in [0.15, 0.2) is 41.4 Å². The maximum absolute atomic E-state index is 12.7. The standard InChI is InChI=1S/C12H12FN3O3S/c1-19-10-4-2-8(14)6-11(10)20(17,18)16-9-3-5-12(13)15-7-9/h2-7,16H,14H2,1H3. The van der Waals surface area contributed by atoms with Crippen molar-refractivity contribution in [2.24, 2.45) is 0 Å². The summed E-state index contributed by atoms with van der Waals surface area (Å²) in [6.45, 7) is 0. The minimum atomic E-state index is -3.91. The SMILES string of the molecule is COc1ccc(N)cc1S(=O)(=O)Nc1ccc(F)nc1. The van der Waals surface area contributed by atoms with Gasteiger partial charge in [0, 0.05) is 5.69 Å². The van der Waals surface area contributed by atoms with Crippen LogP contribution in [0.1, 0.15) is 0 Å². The smallest absolute Gasteiger partial charge is 0.265 e. The molecule has 1 aromatic heterocycles. The predicted molar refractivity (Wildman–Crippen MR) is 72.4 cm³/mol. The van der Waals surface area contributed by atoms with E-state index in [4.69, 9.17) is 10.5 Å². The van der Waals surface area contributed by atoms with Gasteiger partial charge in [-0.1, -0.05) is 0 Å². The van der Waals surface area contributed by atoms with Crippen LogP contribution in [-0.4, -0.2) is 20.5 Å². The van der Waals surface area contributed by atoms with E-state index < -0.39 is 16.0 Å². The molecule has 0 spiro atoms. The van der Waals surface area contributed by atoms with Crippen LogP contribution >= 0.6 is 0 Å². The first-order valence-corrected chi connectivity index (χ1v) is 6.98. The zero-order chi connectivity index (χ0) is 14.8. The fourth-order valence-electron chi connectivity index (χ4n) is 1.55. The Bertz CT molecular complexity index is 717. The number of aromatic nitrogens is 1. The quantitative estimate of drug-likeness (QED) is 0.660. The van der Waals surface area contributed by atoms with Gasteiger partial charge in [-0.25, -0.2) is 13.4 Å². The van der Waals surface area contributed by atoms with Crippen molar-refractivity contribution in [1.29, 1.82) is 0 Å². The van der Waals surface area contributed by atoms with Crippen molar-refractivity contribution < 1.29 is 17.5 Å². The first-order valence-electron chi connectivity index (χ1n) is 5.50. The lowest BCUT2D eigenvalue weighted by molar-refractivity contribution is 0.403. The van der Waals surface area contributed by atoms with Crippen LogP contribution in [0.2, 0.25) is 0 Å². The Labute approximate surface area is 115 Å². The van der Waals surface area contributed by atoms with Crippen LogP contribution in [0.4, 0.5) is 15.8 Å². The van der Waals surface area contributed by atoms with E-state index in [1.165, 1.54) is 31.4 Å². The highest BCUT2D eigenvalue weighted by atomic mass is 32.2. The minimum absolute atomic E-state index is 0.107. The number of rotatable bonds is 4. The average Bonchev–Trinajstić information content (AvgIpc) is 2.41. The number of anilines is 2. The lowest BCUT2D eigenvalue weighted by atomic mass is 10.3. The monoisotopic (exact) mass is 297 g/mol. The lowest BCUT2D eigenvalue weighted by Gasteiger charge is -2.11. The molecule has 106 valence electrons. The highest BCUT2D eigenvalue weighted by molar-refractivity contribution is 7.92. The summed E-state index contributed by atoms with van der Waals surface area (Å²) in [6, 6.07) is 6.56. The van der Waals surface area contributed by atoms with Crippen molar-refractivity contribution in [3.8, 4) is 5.75 Å².